The summed E-state index contributed by atoms with van der Waals surface area (Å²) in [6.07, 6.45) is 2.17. The van der Waals surface area contributed by atoms with Crippen LogP contribution in [0.15, 0.2) is 65.7 Å². The molecule has 3 N–H and O–H groups in total. The Bertz CT molecular complexity index is 1740. The maximum atomic E-state index is 14.7. The van der Waals surface area contributed by atoms with E-state index < -0.39 is 26.4 Å². The van der Waals surface area contributed by atoms with Crippen LogP contribution in [0.4, 0.5) is 26.4 Å². The number of halogens is 1. The third-order valence-electron chi connectivity index (χ3n) is 7.67. The molecule has 3 heterocycles. The lowest BCUT2D eigenvalue weighted by Crippen LogP contribution is -2.44. The van der Waals surface area contributed by atoms with E-state index in [4.69, 9.17) is 14.7 Å². The summed E-state index contributed by atoms with van der Waals surface area (Å²) in [6, 6.07) is 13.7. The smallest absolute Gasteiger partial charge is 0.323 e. The van der Waals surface area contributed by atoms with E-state index in [0.717, 1.165) is 11.8 Å². The fourth-order valence-corrected chi connectivity index (χ4v) is 7.15. The van der Waals surface area contributed by atoms with Gasteiger partial charge in [-0.3, -0.25) is 5.10 Å². The lowest BCUT2D eigenvalue weighted by Gasteiger charge is -2.34. The van der Waals surface area contributed by atoms with Crippen molar-refractivity contribution in [1.29, 1.82) is 0 Å². The van der Waals surface area contributed by atoms with Crippen LogP contribution in [-0.2, 0) is 19.3 Å². The Balaban J connectivity index is 1.35. The number of morpholine rings is 1. The number of hydrogen-bond donors (Lipinski definition) is 3. The zero-order valence-corrected chi connectivity index (χ0v) is 23.9. The first-order valence-electron chi connectivity index (χ1n) is 13.6. The largest absolute Gasteiger partial charge is 0.377 e. The summed E-state index contributed by atoms with van der Waals surface area (Å²) in [7, 11) is -4.09. The number of benzene rings is 2. The highest BCUT2D eigenvalue weighted by molar-refractivity contribution is 7.92. The summed E-state index contributed by atoms with van der Waals surface area (Å²) >= 11 is 0. The quantitative estimate of drug-likeness (QED) is 0.282. The van der Waals surface area contributed by atoms with Crippen LogP contribution in [0.3, 0.4) is 0 Å². The lowest BCUT2D eigenvalue weighted by atomic mass is 10.1. The van der Waals surface area contributed by atoms with E-state index in [0.29, 0.717) is 66.9 Å². The lowest BCUT2D eigenvalue weighted by molar-refractivity contribution is 0.0985. The van der Waals surface area contributed by atoms with E-state index in [2.05, 4.69) is 25.7 Å². The number of sulfone groups is 1. The number of aromatic nitrogens is 4. The van der Waals surface area contributed by atoms with Crippen molar-refractivity contribution in [3.05, 3.63) is 78.0 Å². The SMILES string of the molecule is Cc1[nH]ncc1NC(=O)Nc1ccc(-c2nc(N3CCOC[C@@H]3C)cc(C3(S(=O)(=O)c4ccccc4F)CC3)n2)cc1. The number of carbonyl (C=O) groups excluding carboxylic acids is 1. The Kier molecular flexibility index (Phi) is 7.15. The van der Waals surface area contributed by atoms with Gasteiger partial charge >= 0.3 is 6.03 Å². The predicted molar refractivity (Wildman–Crippen MR) is 156 cm³/mol. The fourth-order valence-electron chi connectivity index (χ4n) is 5.12. The van der Waals surface area contributed by atoms with Crippen molar-refractivity contribution in [3.8, 4) is 11.4 Å². The molecule has 1 saturated heterocycles. The normalized spacial score (nSPS) is 18.0. The van der Waals surface area contributed by atoms with Crippen molar-refractivity contribution in [1.82, 2.24) is 20.2 Å². The minimum atomic E-state index is -4.09. The first-order chi connectivity index (χ1) is 20.2. The molecule has 1 aliphatic carbocycles. The highest BCUT2D eigenvalue weighted by Crippen LogP contribution is 2.55. The number of rotatable bonds is 7. The average molecular weight is 592 g/mol. The third kappa shape index (κ3) is 5.09. The molecule has 13 heteroatoms. The highest BCUT2D eigenvalue weighted by Gasteiger charge is 2.58. The van der Waals surface area contributed by atoms with Crippen LogP contribution in [0.25, 0.3) is 11.4 Å². The average Bonchev–Trinajstić information content (AvgIpc) is 3.72. The summed E-state index contributed by atoms with van der Waals surface area (Å²) in [6.45, 7) is 5.41. The zero-order chi connectivity index (χ0) is 29.5. The Morgan fingerprint density at radius 2 is 1.88 bits per heavy atom. The number of H-pyrrole nitrogens is 1. The van der Waals surface area contributed by atoms with Gasteiger partial charge in [0.25, 0.3) is 0 Å². The molecular formula is C29H30FN7O4S. The molecule has 6 rings (SSSR count). The maximum absolute atomic E-state index is 14.7. The number of anilines is 3. The molecule has 2 amide bonds. The topological polar surface area (TPSA) is 142 Å². The van der Waals surface area contributed by atoms with Crippen LogP contribution in [-0.4, -0.2) is 60.4 Å². The van der Waals surface area contributed by atoms with Crippen molar-refractivity contribution in [2.75, 3.05) is 35.3 Å². The number of nitrogens with zero attached hydrogens (tertiary/aromatic N) is 4. The molecule has 42 heavy (non-hydrogen) atoms. The molecule has 1 aliphatic heterocycles. The highest BCUT2D eigenvalue weighted by atomic mass is 32.2. The predicted octanol–water partition coefficient (Wildman–Crippen LogP) is 4.65. The number of urea groups is 1. The van der Waals surface area contributed by atoms with Gasteiger partial charge in [0.2, 0.25) is 0 Å². The molecule has 0 bridgehead atoms. The number of amides is 2. The van der Waals surface area contributed by atoms with Crippen molar-refractivity contribution in [2.45, 2.75) is 42.4 Å². The monoisotopic (exact) mass is 591 g/mol. The van der Waals surface area contributed by atoms with Crippen molar-refractivity contribution in [3.63, 3.8) is 0 Å². The van der Waals surface area contributed by atoms with Gasteiger partial charge in [0.05, 0.1) is 42.5 Å². The van der Waals surface area contributed by atoms with Crippen LogP contribution in [0.2, 0.25) is 0 Å². The van der Waals surface area contributed by atoms with Gasteiger partial charge in [-0.2, -0.15) is 5.10 Å². The number of hydrogen-bond acceptors (Lipinski definition) is 8. The van der Waals surface area contributed by atoms with Gasteiger partial charge < -0.3 is 20.3 Å². The molecule has 0 spiro atoms. The summed E-state index contributed by atoms with van der Waals surface area (Å²) in [5.74, 6) is 0.134. The van der Waals surface area contributed by atoms with Crippen LogP contribution < -0.4 is 15.5 Å². The number of carbonyl (C=O) groups is 1. The van der Waals surface area contributed by atoms with Gasteiger partial charge in [-0.1, -0.05) is 12.1 Å². The van der Waals surface area contributed by atoms with E-state index in [-0.39, 0.29) is 10.9 Å². The molecule has 2 aromatic carbocycles. The molecule has 1 atom stereocenters. The molecule has 2 aromatic heterocycles. The molecule has 1 saturated carbocycles. The second-order valence-electron chi connectivity index (χ2n) is 10.5. The van der Waals surface area contributed by atoms with Gasteiger partial charge in [0.1, 0.15) is 21.3 Å². The van der Waals surface area contributed by atoms with Crippen LogP contribution in [0.5, 0.6) is 0 Å². The summed E-state index contributed by atoms with van der Waals surface area (Å²) in [4.78, 5) is 23.8. The summed E-state index contributed by atoms with van der Waals surface area (Å²) in [5, 5.41) is 12.2. The Morgan fingerprint density at radius 1 is 1.12 bits per heavy atom. The van der Waals surface area contributed by atoms with Gasteiger partial charge in [0, 0.05) is 23.9 Å². The van der Waals surface area contributed by atoms with Crippen LogP contribution >= 0.6 is 0 Å². The summed E-state index contributed by atoms with van der Waals surface area (Å²) in [5.41, 5.74) is 2.81. The summed E-state index contributed by atoms with van der Waals surface area (Å²) < 4.78 is 46.6. The first kappa shape index (κ1) is 27.8. The van der Waals surface area contributed by atoms with Gasteiger partial charge in [-0.05, 0) is 63.1 Å². The fraction of sp³-hybridized carbons (Fsp3) is 0.310. The minimum Gasteiger partial charge on any atom is -0.377 e. The molecule has 0 unspecified atom stereocenters. The van der Waals surface area contributed by atoms with Crippen molar-refractivity contribution in [2.24, 2.45) is 0 Å². The Labute approximate surface area is 242 Å². The van der Waals surface area contributed by atoms with E-state index >= 15 is 0 Å². The molecule has 4 aromatic rings. The molecule has 11 nitrogen and oxygen atoms in total. The Morgan fingerprint density at radius 3 is 2.55 bits per heavy atom. The molecule has 2 fully saturated rings. The van der Waals surface area contributed by atoms with E-state index in [1.807, 2.05) is 6.92 Å². The molecule has 0 radical (unpaired) electrons. The molecule has 218 valence electrons. The third-order valence-corrected chi connectivity index (χ3v) is 10.2. The number of ether oxygens (including phenoxy) is 1. The minimum absolute atomic E-state index is 0.0108. The maximum Gasteiger partial charge on any atom is 0.323 e. The second kappa shape index (κ2) is 10.8. The first-order valence-corrected chi connectivity index (χ1v) is 15.1. The van der Waals surface area contributed by atoms with Crippen LogP contribution in [0, 0.1) is 12.7 Å². The van der Waals surface area contributed by atoms with Gasteiger partial charge in [-0.25, -0.2) is 27.6 Å². The number of nitrogens with one attached hydrogen (secondary N) is 3. The Hall–Kier alpha value is -4.36. The van der Waals surface area contributed by atoms with E-state index in [1.54, 1.807) is 37.3 Å². The van der Waals surface area contributed by atoms with Crippen molar-refractivity contribution < 1.29 is 22.3 Å². The van der Waals surface area contributed by atoms with E-state index in [9.17, 15) is 17.6 Å². The zero-order valence-electron chi connectivity index (χ0n) is 23.1. The molecular weight excluding hydrogens is 561 g/mol. The van der Waals surface area contributed by atoms with E-state index in [1.165, 1.54) is 24.4 Å². The second-order valence-corrected chi connectivity index (χ2v) is 12.8. The number of aryl methyl sites for hydroxylation is 1. The van der Waals surface area contributed by atoms with Gasteiger partial charge in [-0.15, -0.1) is 0 Å². The molecule has 2 aliphatic rings. The van der Waals surface area contributed by atoms with Crippen molar-refractivity contribution >= 4 is 33.1 Å². The standard InChI is InChI=1S/C29H30FN7O4S/c1-18-17-41-14-13-37(18)26-15-25(29(11-12-29)42(39,40)24-6-4-3-5-22(24)30)34-27(35-26)20-7-9-21(10-8-20)32-28(38)33-23-16-31-36-19(23)2/h3-10,15-16,18H,11-14,17H2,1-2H3,(H,31,36)(H2,32,33,38)/t18-/m0/s1. The number of aromatic amines is 1. The van der Waals surface area contributed by atoms with Crippen LogP contribution in [0.1, 0.15) is 31.2 Å². The van der Waals surface area contributed by atoms with Gasteiger partial charge in [0.15, 0.2) is 15.7 Å².